The van der Waals surface area contributed by atoms with Gasteiger partial charge < -0.3 is 15.9 Å². The summed E-state index contributed by atoms with van der Waals surface area (Å²) in [5.41, 5.74) is 9.20. The van der Waals surface area contributed by atoms with Crippen molar-refractivity contribution in [3.05, 3.63) is 35.5 Å². The van der Waals surface area contributed by atoms with Crippen molar-refractivity contribution in [3.8, 4) is 0 Å². The average molecular weight is 301 g/mol. The molecule has 3 heteroatoms. The van der Waals surface area contributed by atoms with E-state index in [2.05, 4.69) is 26.0 Å². The van der Waals surface area contributed by atoms with Gasteiger partial charge in [-0.2, -0.15) is 0 Å². The van der Waals surface area contributed by atoms with Gasteiger partial charge in [-0.3, -0.25) is 0 Å². The lowest BCUT2D eigenvalue weighted by Gasteiger charge is -2.55. The van der Waals surface area contributed by atoms with Crippen LogP contribution in [-0.2, 0) is 0 Å². The second kappa shape index (κ2) is 4.56. The summed E-state index contributed by atoms with van der Waals surface area (Å²) in [4.78, 5) is 0. The molecule has 7 atom stereocenters. The summed E-state index contributed by atoms with van der Waals surface area (Å²) >= 11 is 0. The van der Waals surface area contributed by atoms with Gasteiger partial charge in [0.25, 0.3) is 0 Å². The zero-order valence-electron chi connectivity index (χ0n) is 13.5. The molecule has 4 aliphatic rings. The maximum absolute atomic E-state index is 10.4. The fraction of sp³-hybridized carbons (Fsp3) is 0.684. The molecule has 4 N–H and O–H groups in total. The van der Waals surface area contributed by atoms with Crippen LogP contribution < -0.4 is 5.73 Å². The monoisotopic (exact) mass is 301 g/mol. The van der Waals surface area contributed by atoms with Gasteiger partial charge in [-0.1, -0.05) is 38.2 Å². The molecule has 120 valence electrons. The van der Waals surface area contributed by atoms with E-state index >= 15 is 0 Å². The van der Waals surface area contributed by atoms with Crippen molar-refractivity contribution >= 4 is 0 Å². The maximum Gasteiger partial charge on any atom is 0.0817 e. The van der Waals surface area contributed by atoms with E-state index in [1.165, 1.54) is 11.1 Å². The Bertz CT molecular complexity index is 592. The Morgan fingerprint density at radius 2 is 1.95 bits per heavy atom. The van der Waals surface area contributed by atoms with Crippen LogP contribution in [0.3, 0.4) is 0 Å². The molecule has 0 aromatic heterocycles. The Morgan fingerprint density at radius 1 is 1.18 bits per heavy atom. The highest BCUT2D eigenvalue weighted by atomic mass is 16.3. The van der Waals surface area contributed by atoms with Crippen LogP contribution >= 0.6 is 0 Å². The largest absolute Gasteiger partial charge is 0.389 e. The van der Waals surface area contributed by atoms with Crippen molar-refractivity contribution in [3.63, 3.8) is 0 Å². The molecule has 0 bridgehead atoms. The van der Waals surface area contributed by atoms with Gasteiger partial charge in [-0.25, -0.2) is 0 Å². The Balaban J connectivity index is 1.84. The van der Waals surface area contributed by atoms with Crippen molar-refractivity contribution in [2.45, 2.75) is 57.8 Å². The zero-order valence-corrected chi connectivity index (χ0v) is 13.5. The fourth-order valence-electron chi connectivity index (χ4n) is 5.61. The van der Waals surface area contributed by atoms with Crippen molar-refractivity contribution in [1.29, 1.82) is 0 Å². The number of hydrogen-bond acceptors (Lipinski definition) is 3. The normalized spacial score (nSPS) is 53.2. The Hall–Kier alpha value is -0.900. The predicted molar refractivity (Wildman–Crippen MR) is 87.0 cm³/mol. The van der Waals surface area contributed by atoms with Crippen LogP contribution in [0.2, 0.25) is 0 Å². The van der Waals surface area contributed by atoms with E-state index in [-0.39, 0.29) is 29.1 Å². The first kappa shape index (κ1) is 14.7. The molecule has 22 heavy (non-hydrogen) atoms. The Labute approximate surface area is 132 Å². The van der Waals surface area contributed by atoms with Crippen LogP contribution in [0.15, 0.2) is 35.5 Å². The molecular weight excluding hydrogens is 274 g/mol. The van der Waals surface area contributed by atoms with Crippen molar-refractivity contribution in [2.75, 3.05) is 0 Å². The van der Waals surface area contributed by atoms with Crippen molar-refractivity contribution < 1.29 is 10.2 Å². The molecule has 0 radical (unpaired) electrons. The molecule has 0 aliphatic heterocycles. The number of aliphatic hydroxyl groups is 2. The summed E-state index contributed by atoms with van der Waals surface area (Å²) in [5.74, 6) is 0.902. The number of nitrogens with two attached hydrogens (primary N) is 1. The fourth-order valence-corrected chi connectivity index (χ4v) is 5.61. The molecule has 1 saturated carbocycles. The van der Waals surface area contributed by atoms with E-state index in [0.29, 0.717) is 11.8 Å². The molecule has 0 amide bonds. The number of aliphatic hydroxyl groups excluding tert-OH is 2. The molecule has 0 saturated heterocycles. The molecule has 0 aromatic carbocycles. The molecule has 4 rings (SSSR count). The van der Waals surface area contributed by atoms with Gasteiger partial charge in [0.05, 0.1) is 12.2 Å². The second-order valence-electron chi connectivity index (χ2n) is 8.25. The third kappa shape index (κ3) is 1.73. The van der Waals surface area contributed by atoms with Crippen LogP contribution in [0.1, 0.15) is 39.5 Å². The lowest BCUT2D eigenvalue weighted by molar-refractivity contribution is 0.0295. The van der Waals surface area contributed by atoms with Gasteiger partial charge in [0.1, 0.15) is 0 Å². The molecule has 3 nitrogen and oxygen atoms in total. The summed E-state index contributed by atoms with van der Waals surface area (Å²) in [7, 11) is 0. The van der Waals surface area contributed by atoms with Crippen LogP contribution in [0.4, 0.5) is 0 Å². The Morgan fingerprint density at radius 3 is 2.73 bits per heavy atom. The van der Waals surface area contributed by atoms with Crippen molar-refractivity contribution in [1.82, 2.24) is 0 Å². The van der Waals surface area contributed by atoms with Gasteiger partial charge in [0.15, 0.2) is 0 Å². The van der Waals surface area contributed by atoms with Gasteiger partial charge in [-0.05, 0) is 54.1 Å². The van der Waals surface area contributed by atoms with E-state index < -0.39 is 0 Å². The highest BCUT2D eigenvalue weighted by molar-refractivity contribution is 5.47. The predicted octanol–water partition coefficient (Wildman–Crippen LogP) is 2.30. The number of fused-ring (bicyclic) bond motifs is 4. The number of allylic oxidation sites excluding steroid dienone is 2. The van der Waals surface area contributed by atoms with E-state index in [1.807, 2.05) is 12.2 Å². The first-order valence-electron chi connectivity index (χ1n) is 8.60. The van der Waals surface area contributed by atoms with Gasteiger partial charge in [-0.15, -0.1) is 0 Å². The van der Waals surface area contributed by atoms with Crippen LogP contribution in [0.25, 0.3) is 0 Å². The van der Waals surface area contributed by atoms with E-state index in [0.717, 1.165) is 25.7 Å². The highest BCUT2D eigenvalue weighted by Crippen LogP contribution is 2.60. The second-order valence-corrected chi connectivity index (χ2v) is 8.25. The molecule has 0 spiro atoms. The summed E-state index contributed by atoms with van der Waals surface area (Å²) in [5, 5.41) is 20.4. The van der Waals surface area contributed by atoms with Gasteiger partial charge in [0.2, 0.25) is 0 Å². The first-order chi connectivity index (χ1) is 10.4. The van der Waals surface area contributed by atoms with Crippen LogP contribution in [-0.4, -0.2) is 28.5 Å². The lowest BCUT2D eigenvalue weighted by atomic mass is 9.50. The number of rotatable bonds is 0. The maximum atomic E-state index is 10.4. The minimum absolute atomic E-state index is 0.0614. The zero-order chi connectivity index (χ0) is 15.7. The average Bonchev–Trinajstić information content (AvgIpc) is 2.77. The quantitative estimate of drug-likeness (QED) is 0.602. The standard InChI is InChI=1S/C19H27NO2/c1-18-7-5-12(21)9-11(18)10-15(20)17-13-3-4-16(22)19(13,2)8-6-14(17)18/h3-5,7,11-12,14-16,21-22H,6,8-10,20H2,1-2H3/t11-,12-,14-,15-,16-,18-,19-/m0/s1. The third-order valence-electron chi connectivity index (χ3n) is 7.12. The molecule has 0 aromatic rings. The van der Waals surface area contributed by atoms with Crippen molar-refractivity contribution in [2.24, 2.45) is 28.4 Å². The topological polar surface area (TPSA) is 66.5 Å². The molecule has 4 aliphatic carbocycles. The highest BCUT2D eigenvalue weighted by Gasteiger charge is 2.54. The summed E-state index contributed by atoms with van der Waals surface area (Å²) in [6.45, 7) is 4.52. The molecular formula is C19H27NO2. The number of hydrogen-bond donors (Lipinski definition) is 3. The lowest BCUT2D eigenvalue weighted by Crippen LogP contribution is -2.52. The van der Waals surface area contributed by atoms with Crippen LogP contribution in [0.5, 0.6) is 0 Å². The van der Waals surface area contributed by atoms with Gasteiger partial charge in [0, 0.05) is 11.5 Å². The Kier molecular flexibility index (Phi) is 3.04. The first-order valence-corrected chi connectivity index (χ1v) is 8.60. The SMILES string of the molecule is C[C@]12C=C[C@H](O)C[C@H]1C[C@H](N)C1=C3C=C[C@H](O)[C@@]3(C)CC[C@@H]12. The smallest absolute Gasteiger partial charge is 0.0817 e. The van der Waals surface area contributed by atoms with E-state index in [9.17, 15) is 10.2 Å². The summed E-state index contributed by atoms with van der Waals surface area (Å²) in [6.07, 6.45) is 11.4. The third-order valence-corrected chi connectivity index (χ3v) is 7.12. The van der Waals surface area contributed by atoms with E-state index in [1.54, 1.807) is 0 Å². The summed E-state index contributed by atoms with van der Waals surface area (Å²) in [6, 6.07) is 0.0614. The minimum atomic E-state index is -0.377. The summed E-state index contributed by atoms with van der Waals surface area (Å²) < 4.78 is 0. The minimum Gasteiger partial charge on any atom is -0.389 e. The molecule has 1 fully saturated rings. The van der Waals surface area contributed by atoms with Crippen LogP contribution in [0, 0.1) is 22.7 Å². The van der Waals surface area contributed by atoms with E-state index in [4.69, 9.17) is 5.73 Å². The molecule has 0 heterocycles. The molecule has 0 unspecified atom stereocenters. The van der Waals surface area contributed by atoms with Gasteiger partial charge >= 0.3 is 0 Å².